The number of hydrogen-bond donors (Lipinski definition) is 3. The molecule has 0 aliphatic heterocycles. The molecule has 0 amide bonds. The first-order chi connectivity index (χ1) is 13.7. The molecule has 3 N–H and O–H groups in total. The number of aliphatic hydroxyl groups excluding tert-OH is 1. The molecule has 29 heavy (non-hydrogen) atoms. The Morgan fingerprint density at radius 1 is 0.862 bits per heavy atom. The number of rotatable bonds is 17. The summed E-state index contributed by atoms with van der Waals surface area (Å²) < 4.78 is 5.64. The van der Waals surface area contributed by atoms with Crippen molar-refractivity contribution in [1.82, 2.24) is 0 Å². The number of aliphatic hydroxyl groups is 1. The fourth-order valence-corrected chi connectivity index (χ4v) is 3.98. The highest BCUT2D eigenvalue weighted by Gasteiger charge is 2.38. The van der Waals surface area contributed by atoms with Crippen LogP contribution in [0.3, 0.4) is 0 Å². The van der Waals surface area contributed by atoms with Gasteiger partial charge in [-0.25, -0.2) is 4.79 Å². The first-order valence-electron chi connectivity index (χ1n) is 11.1. The molecule has 0 aliphatic rings. The van der Waals surface area contributed by atoms with Gasteiger partial charge in [-0.05, 0) is 24.7 Å². The number of carboxylic acid groups (broad SMARTS) is 2. The zero-order chi connectivity index (χ0) is 22.4. The van der Waals surface area contributed by atoms with Crippen LogP contribution in [-0.4, -0.2) is 45.4 Å². The van der Waals surface area contributed by atoms with E-state index >= 15 is 0 Å². The summed E-state index contributed by atoms with van der Waals surface area (Å²) in [6, 6.07) is 0. The van der Waals surface area contributed by atoms with Crippen LogP contribution in [0.15, 0.2) is 0 Å². The highest BCUT2D eigenvalue weighted by molar-refractivity contribution is 5.86. The van der Waals surface area contributed by atoms with Crippen LogP contribution in [0.25, 0.3) is 0 Å². The minimum atomic E-state index is -1.99. The molecule has 0 aromatic carbocycles. The zero-order valence-electron chi connectivity index (χ0n) is 18.4. The predicted molar refractivity (Wildman–Crippen MR) is 110 cm³/mol. The van der Waals surface area contributed by atoms with Gasteiger partial charge in [0.05, 0.1) is 6.42 Å². The molecule has 7 nitrogen and oxygen atoms in total. The van der Waals surface area contributed by atoms with E-state index in [1.54, 1.807) is 0 Å². The molecule has 0 aliphatic carbocycles. The van der Waals surface area contributed by atoms with Crippen LogP contribution in [0.4, 0.5) is 0 Å². The van der Waals surface area contributed by atoms with Gasteiger partial charge >= 0.3 is 17.9 Å². The van der Waals surface area contributed by atoms with Crippen LogP contribution in [-0.2, 0) is 19.1 Å². The third-order valence-electron chi connectivity index (χ3n) is 5.59. The SMILES string of the molecule is CCCCC(CCC)C(CC)C(CCCC)OC(=O)C(O)C(CC(=O)O)C(=O)O. The Balaban J connectivity index is 5.46. The smallest absolute Gasteiger partial charge is 0.336 e. The topological polar surface area (TPSA) is 121 Å². The van der Waals surface area contributed by atoms with E-state index < -0.39 is 42.5 Å². The summed E-state index contributed by atoms with van der Waals surface area (Å²) in [5.41, 5.74) is 0. The van der Waals surface area contributed by atoms with E-state index in [-0.39, 0.29) is 5.92 Å². The van der Waals surface area contributed by atoms with Gasteiger partial charge in [0.2, 0.25) is 0 Å². The van der Waals surface area contributed by atoms with E-state index in [1.807, 2.05) is 6.92 Å². The summed E-state index contributed by atoms with van der Waals surface area (Å²) in [5.74, 6) is -5.15. The maximum absolute atomic E-state index is 12.5. The van der Waals surface area contributed by atoms with Crippen LogP contribution >= 0.6 is 0 Å². The number of aliphatic carboxylic acids is 2. The molecule has 5 atom stereocenters. The molecule has 7 heteroatoms. The van der Waals surface area contributed by atoms with Crippen molar-refractivity contribution in [3.8, 4) is 0 Å². The molecule has 0 rings (SSSR count). The molecule has 0 radical (unpaired) electrons. The minimum absolute atomic E-state index is 0.131. The lowest BCUT2D eigenvalue weighted by Crippen LogP contribution is -2.41. The van der Waals surface area contributed by atoms with Crippen molar-refractivity contribution in [2.45, 2.75) is 104 Å². The molecule has 0 heterocycles. The van der Waals surface area contributed by atoms with Gasteiger partial charge in [0.15, 0.2) is 6.10 Å². The van der Waals surface area contributed by atoms with E-state index in [0.29, 0.717) is 12.3 Å². The Labute approximate surface area is 174 Å². The Morgan fingerprint density at radius 3 is 1.90 bits per heavy atom. The number of ether oxygens (including phenoxy) is 1. The molecule has 0 spiro atoms. The molecular weight excluding hydrogens is 376 g/mol. The highest BCUT2D eigenvalue weighted by atomic mass is 16.6. The van der Waals surface area contributed by atoms with Crippen molar-refractivity contribution in [1.29, 1.82) is 0 Å². The number of carbonyl (C=O) groups excluding carboxylic acids is 1. The van der Waals surface area contributed by atoms with E-state index in [4.69, 9.17) is 9.84 Å². The summed E-state index contributed by atoms with van der Waals surface area (Å²) in [4.78, 5) is 34.7. The summed E-state index contributed by atoms with van der Waals surface area (Å²) >= 11 is 0. The van der Waals surface area contributed by atoms with Crippen molar-refractivity contribution < 1.29 is 34.4 Å². The Hall–Kier alpha value is -1.63. The van der Waals surface area contributed by atoms with Crippen molar-refractivity contribution in [3.05, 3.63) is 0 Å². The lowest BCUT2D eigenvalue weighted by molar-refractivity contribution is -0.173. The summed E-state index contributed by atoms with van der Waals surface area (Å²) in [5, 5.41) is 28.3. The number of esters is 1. The highest BCUT2D eigenvalue weighted by Crippen LogP contribution is 2.33. The maximum atomic E-state index is 12.5. The molecule has 0 aromatic rings. The van der Waals surface area contributed by atoms with Crippen LogP contribution < -0.4 is 0 Å². The average molecular weight is 417 g/mol. The number of carbonyl (C=O) groups is 3. The predicted octanol–water partition coefficient (Wildman–Crippen LogP) is 4.26. The van der Waals surface area contributed by atoms with Crippen LogP contribution in [0, 0.1) is 17.8 Å². The fourth-order valence-electron chi connectivity index (χ4n) is 3.98. The van der Waals surface area contributed by atoms with Crippen molar-refractivity contribution in [2.24, 2.45) is 17.8 Å². The Bertz CT molecular complexity index is 492. The summed E-state index contributed by atoms with van der Waals surface area (Å²) in [6.45, 7) is 8.38. The minimum Gasteiger partial charge on any atom is -0.481 e. The number of hydrogen-bond acceptors (Lipinski definition) is 5. The number of unbranched alkanes of at least 4 members (excludes halogenated alkanes) is 2. The third-order valence-corrected chi connectivity index (χ3v) is 5.59. The fraction of sp³-hybridized carbons (Fsp3) is 0.864. The van der Waals surface area contributed by atoms with Crippen LogP contribution in [0.5, 0.6) is 0 Å². The van der Waals surface area contributed by atoms with Crippen molar-refractivity contribution >= 4 is 17.9 Å². The summed E-state index contributed by atoms with van der Waals surface area (Å²) in [7, 11) is 0. The lowest BCUT2D eigenvalue weighted by Gasteiger charge is -2.34. The molecule has 0 fully saturated rings. The normalized spacial score (nSPS) is 16.4. The van der Waals surface area contributed by atoms with E-state index in [1.165, 1.54) is 0 Å². The molecule has 0 saturated carbocycles. The van der Waals surface area contributed by atoms with Crippen molar-refractivity contribution in [3.63, 3.8) is 0 Å². The molecule has 0 bridgehead atoms. The van der Waals surface area contributed by atoms with Gasteiger partial charge in [-0.1, -0.05) is 72.6 Å². The molecule has 5 unspecified atom stereocenters. The van der Waals surface area contributed by atoms with Gasteiger partial charge in [0.1, 0.15) is 12.0 Å². The monoisotopic (exact) mass is 416 g/mol. The molecule has 0 saturated heterocycles. The van der Waals surface area contributed by atoms with Gasteiger partial charge in [-0.3, -0.25) is 9.59 Å². The quantitative estimate of drug-likeness (QED) is 0.303. The van der Waals surface area contributed by atoms with Gasteiger partial charge in [-0.2, -0.15) is 0 Å². The lowest BCUT2D eigenvalue weighted by atomic mass is 9.78. The van der Waals surface area contributed by atoms with E-state index in [9.17, 15) is 24.6 Å². The van der Waals surface area contributed by atoms with Gasteiger partial charge in [0, 0.05) is 0 Å². The standard InChI is InChI=1S/C22H40O7/c1-5-9-12-15(11-7-3)16(8-4)18(13-10-6-2)29-22(28)20(25)17(21(26)27)14-19(23)24/h15-18,20,25H,5-14H2,1-4H3,(H,23,24)(H,26,27). The van der Waals surface area contributed by atoms with E-state index in [0.717, 1.165) is 51.4 Å². The second-order valence-corrected chi connectivity index (χ2v) is 7.87. The molecule has 170 valence electrons. The average Bonchev–Trinajstić information content (AvgIpc) is 2.67. The largest absolute Gasteiger partial charge is 0.481 e. The second-order valence-electron chi connectivity index (χ2n) is 7.87. The van der Waals surface area contributed by atoms with Gasteiger partial charge < -0.3 is 20.1 Å². The van der Waals surface area contributed by atoms with Gasteiger partial charge in [-0.15, -0.1) is 0 Å². The third kappa shape index (κ3) is 10.1. The second kappa shape index (κ2) is 15.2. The zero-order valence-corrected chi connectivity index (χ0v) is 18.4. The molecule has 0 aromatic heterocycles. The summed E-state index contributed by atoms with van der Waals surface area (Å²) in [6.07, 6.45) is 5.30. The molecular formula is C22H40O7. The maximum Gasteiger partial charge on any atom is 0.336 e. The first kappa shape index (κ1) is 27.4. The van der Waals surface area contributed by atoms with Crippen molar-refractivity contribution in [2.75, 3.05) is 0 Å². The van der Waals surface area contributed by atoms with Crippen LogP contribution in [0.1, 0.15) is 91.9 Å². The van der Waals surface area contributed by atoms with Gasteiger partial charge in [0.25, 0.3) is 0 Å². The Kier molecular flexibility index (Phi) is 14.4. The first-order valence-corrected chi connectivity index (χ1v) is 11.1. The van der Waals surface area contributed by atoms with E-state index in [2.05, 4.69) is 20.8 Å². The van der Waals surface area contributed by atoms with Crippen LogP contribution in [0.2, 0.25) is 0 Å². The Morgan fingerprint density at radius 2 is 1.45 bits per heavy atom. The number of carboxylic acids is 2.